The van der Waals surface area contributed by atoms with Crippen molar-refractivity contribution >= 4 is 44.8 Å². The van der Waals surface area contributed by atoms with E-state index in [1.54, 1.807) is 0 Å². The quantitative estimate of drug-likeness (QED) is 0.802. The van der Waals surface area contributed by atoms with Crippen LogP contribution in [-0.2, 0) is 0 Å². The maximum absolute atomic E-state index is 6.28. The van der Waals surface area contributed by atoms with Crippen molar-refractivity contribution in [2.45, 2.75) is 18.9 Å². The average Bonchev–Trinajstić information content (AvgIpc) is 2.41. The van der Waals surface area contributed by atoms with Gasteiger partial charge < -0.3 is 10.2 Å². The Bertz CT molecular complexity index is 459. The zero-order valence-corrected chi connectivity index (χ0v) is 13.0. The lowest BCUT2D eigenvalue weighted by molar-refractivity contribution is 0.0975. The average molecular weight is 350 g/mol. The molecule has 0 saturated carbocycles. The first-order chi connectivity index (χ1) is 8.65. The normalized spacial score (nSPS) is 30.5. The Hall–Kier alpha value is 0.0400. The number of hydrogen-bond donors (Lipinski definition) is 1. The molecule has 3 fully saturated rings. The van der Waals surface area contributed by atoms with Crippen LogP contribution in [0.3, 0.4) is 0 Å². The highest BCUT2D eigenvalue weighted by atomic mass is 79.9. The van der Waals surface area contributed by atoms with Gasteiger partial charge in [-0.25, -0.2) is 0 Å². The van der Waals surface area contributed by atoms with Crippen molar-refractivity contribution < 1.29 is 0 Å². The predicted molar refractivity (Wildman–Crippen MR) is 80.7 cm³/mol. The number of anilines is 1. The summed E-state index contributed by atoms with van der Waals surface area (Å²) in [5.74, 6) is 0.772. The molecule has 3 heterocycles. The van der Waals surface area contributed by atoms with E-state index in [0.717, 1.165) is 22.6 Å². The number of benzene rings is 1. The van der Waals surface area contributed by atoms with E-state index in [9.17, 15) is 0 Å². The van der Waals surface area contributed by atoms with E-state index in [2.05, 4.69) is 26.1 Å². The van der Waals surface area contributed by atoms with Gasteiger partial charge in [-0.2, -0.15) is 0 Å². The Morgan fingerprint density at radius 1 is 1.17 bits per heavy atom. The van der Waals surface area contributed by atoms with Crippen LogP contribution in [0.1, 0.15) is 12.8 Å². The fourth-order valence-corrected chi connectivity index (χ4v) is 3.79. The Balaban J connectivity index is 1.79. The van der Waals surface area contributed by atoms with Crippen LogP contribution in [-0.4, -0.2) is 30.6 Å². The molecule has 0 spiro atoms. The summed E-state index contributed by atoms with van der Waals surface area (Å²) in [6.07, 6.45) is 2.58. The maximum atomic E-state index is 6.28. The van der Waals surface area contributed by atoms with Gasteiger partial charge in [0.05, 0.1) is 15.7 Å². The van der Waals surface area contributed by atoms with Crippen LogP contribution in [0.5, 0.6) is 0 Å². The fourth-order valence-electron chi connectivity index (χ4n) is 2.97. The zero-order chi connectivity index (χ0) is 12.7. The highest BCUT2D eigenvalue weighted by Gasteiger charge is 2.34. The fraction of sp³-hybridized carbons (Fsp3) is 0.538. The molecule has 0 radical (unpaired) electrons. The minimum Gasteiger partial charge on any atom is -0.379 e. The van der Waals surface area contributed by atoms with E-state index in [1.165, 1.54) is 25.9 Å². The van der Waals surface area contributed by atoms with Gasteiger partial charge in [0.15, 0.2) is 0 Å². The van der Waals surface area contributed by atoms with Crippen LogP contribution in [0.15, 0.2) is 16.6 Å². The second kappa shape index (κ2) is 5.20. The molecular formula is C13H15BrCl2N2. The van der Waals surface area contributed by atoms with Crippen LogP contribution < -0.4 is 5.32 Å². The van der Waals surface area contributed by atoms with Crippen LogP contribution in [0.4, 0.5) is 5.69 Å². The maximum Gasteiger partial charge on any atom is 0.0835 e. The number of nitrogens with zero attached hydrogens (tertiary/aromatic N) is 1. The zero-order valence-electron chi connectivity index (χ0n) is 9.93. The second-order valence-corrected chi connectivity index (χ2v) is 6.72. The number of halogens is 3. The van der Waals surface area contributed by atoms with Gasteiger partial charge in [0.2, 0.25) is 0 Å². The van der Waals surface area contributed by atoms with Gasteiger partial charge in [0.25, 0.3) is 0 Å². The molecule has 2 nitrogen and oxygen atoms in total. The molecule has 0 aromatic heterocycles. The number of rotatable bonds is 2. The third kappa shape index (κ3) is 2.38. The van der Waals surface area contributed by atoms with Gasteiger partial charge in [-0.3, -0.25) is 0 Å². The summed E-state index contributed by atoms with van der Waals surface area (Å²) < 4.78 is 0.841. The molecule has 1 N–H and O–H groups in total. The van der Waals surface area contributed by atoms with Crippen LogP contribution in [0.25, 0.3) is 0 Å². The Morgan fingerprint density at radius 3 is 2.50 bits per heavy atom. The molecule has 5 heteroatoms. The van der Waals surface area contributed by atoms with Gasteiger partial charge >= 0.3 is 0 Å². The summed E-state index contributed by atoms with van der Waals surface area (Å²) in [5.41, 5.74) is 0.948. The lowest BCUT2D eigenvalue weighted by Gasteiger charge is -2.45. The first-order valence-electron chi connectivity index (χ1n) is 6.27. The van der Waals surface area contributed by atoms with Crippen LogP contribution >= 0.6 is 39.1 Å². The topological polar surface area (TPSA) is 15.3 Å². The van der Waals surface area contributed by atoms with E-state index in [1.807, 2.05) is 12.1 Å². The van der Waals surface area contributed by atoms with Crippen molar-refractivity contribution in [2.75, 3.05) is 25.0 Å². The number of piperidine rings is 3. The van der Waals surface area contributed by atoms with Crippen molar-refractivity contribution in [1.29, 1.82) is 0 Å². The van der Waals surface area contributed by atoms with Crippen molar-refractivity contribution in [3.63, 3.8) is 0 Å². The predicted octanol–water partition coefficient (Wildman–Crippen LogP) is 4.26. The van der Waals surface area contributed by atoms with Gasteiger partial charge in [-0.1, -0.05) is 23.2 Å². The van der Waals surface area contributed by atoms with E-state index >= 15 is 0 Å². The SMILES string of the molecule is Clc1c(Br)ccc(NC2CN3CCC2CC3)c1Cl. The van der Waals surface area contributed by atoms with E-state index in [4.69, 9.17) is 23.2 Å². The summed E-state index contributed by atoms with van der Waals surface area (Å²) in [4.78, 5) is 2.52. The summed E-state index contributed by atoms with van der Waals surface area (Å²) in [5, 5.41) is 4.77. The molecule has 4 rings (SSSR count). The largest absolute Gasteiger partial charge is 0.379 e. The van der Waals surface area contributed by atoms with Crippen molar-refractivity contribution in [1.82, 2.24) is 4.90 Å². The molecular weight excluding hydrogens is 335 g/mol. The molecule has 1 aromatic carbocycles. The molecule has 2 bridgehead atoms. The monoisotopic (exact) mass is 348 g/mol. The van der Waals surface area contributed by atoms with Crippen LogP contribution in [0, 0.1) is 5.92 Å². The molecule has 1 atom stereocenters. The van der Waals surface area contributed by atoms with E-state index in [0.29, 0.717) is 16.1 Å². The van der Waals surface area contributed by atoms with Crippen molar-refractivity contribution in [3.8, 4) is 0 Å². The Kier molecular flexibility index (Phi) is 3.77. The van der Waals surface area contributed by atoms with Gasteiger partial charge in [-0.05, 0) is 59.9 Å². The van der Waals surface area contributed by atoms with Gasteiger partial charge in [0.1, 0.15) is 0 Å². The highest BCUT2D eigenvalue weighted by Crippen LogP contribution is 2.38. The second-order valence-electron chi connectivity index (χ2n) is 5.11. The van der Waals surface area contributed by atoms with Gasteiger partial charge in [0, 0.05) is 17.1 Å². The van der Waals surface area contributed by atoms with Crippen LogP contribution in [0.2, 0.25) is 10.0 Å². The lowest BCUT2D eigenvalue weighted by atomic mass is 9.84. The van der Waals surface area contributed by atoms with Gasteiger partial charge in [-0.15, -0.1) is 0 Å². The summed E-state index contributed by atoms with van der Waals surface area (Å²) in [7, 11) is 0. The molecule has 0 amide bonds. The molecule has 0 aliphatic carbocycles. The molecule has 3 aliphatic rings. The van der Waals surface area contributed by atoms with Crippen molar-refractivity contribution in [3.05, 3.63) is 26.7 Å². The number of hydrogen-bond acceptors (Lipinski definition) is 2. The smallest absolute Gasteiger partial charge is 0.0835 e. The third-order valence-electron chi connectivity index (χ3n) is 4.03. The van der Waals surface area contributed by atoms with E-state index in [-0.39, 0.29) is 0 Å². The first-order valence-corrected chi connectivity index (χ1v) is 7.82. The highest BCUT2D eigenvalue weighted by molar-refractivity contribution is 9.10. The Morgan fingerprint density at radius 2 is 1.89 bits per heavy atom. The Labute approximate surface area is 126 Å². The molecule has 1 unspecified atom stereocenters. The van der Waals surface area contributed by atoms with E-state index < -0.39 is 0 Å². The minimum atomic E-state index is 0.502. The number of nitrogens with one attached hydrogen (secondary N) is 1. The molecule has 3 saturated heterocycles. The summed E-state index contributed by atoms with van der Waals surface area (Å²) >= 11 is 15.8. The van der Waals surface area contributed by atoms with Crippen molar-refractivity contribution in [2.24, 2.45) is 5.92 Å². The number of fused-ring (bicyclic) bond motifs is 3. The third-order valence-corrected chi connectivity index (χ3v) is 5.80. The summed E-state index contributed by atoms with van der Waals surface area (Å²) in [6.45, 7) is 3.62. The first kappa shape index (κ1) is 13.0. The molecule has 98 valence electrons. The minimum absolute atomic E-state index is 0.502. The lowest BCUT2D eigenvalue weighted by Crippen LogP contribution is -2.53. The molecule has 1 aromatic rings. The summed E-state index contributed by atoms with van der Waals surface area (Å²) in [6, 6.07) is 4.44. The standard InChI is InChI=1S/C13H15BrCl2N2/c14-9-1-2-10(13(16)12(9)15)17-11-7-18-5-3-8(11)4-6-18/h1-2,8,11,17H,3-7H2. The molecule has 18 heavy (non-hydrogen) atoms. The molecule has 3 aliphatic heterocycles.